The normalized spacial score (nSPS) is 14.8. The number of ketones is 1. The number of amides is 1. The molecule has 200 valence electrons. The largest absolute Gasteiger partial charge is 0.497 e. The smallest absolute Gasteiger partial charge is 0.225 e. The lowest BCUT2D eigenvalue weighted by atomic mass is 10.0. The lowest BCUT2D eigenvalue weighted by Crippen LogP contribution is -2.19. The molecule has 0 bridgehead atoms. The molecule has 1 amide bonds. The van der Waals surface area contributed by atoms with E-state index in [-0.39, 0.29) is 24.0 Å². The van der Waals surface area contributed by atoms with Crippen LogP contribution in [0.4, 0.5) is 23.0 Å². The Bertz CT molecular complexity index is 1500. The zero-order valence-corrected chi connectivity index (χ0v) is 22.3. The van der Waals surface area contributed by atoms with Gasteiger partial charge in [0.25, 0.3) is 0 Å². The van der Waals surface area contributed by atoms with Crippen LogP contribution in [0, 0.1) is 12.8 Å². The van der Waals surface area contributed by atoms with Crippen LogP contribution < -0.4 is 20.7 Å². The maximum absolute atomic E-state index is 12.5. The molecule has 0 saturated heterocycles. The maximum atomic E-state index is 12.5. The molecule has 0 radical (unpaired) electrons. The van der Waals surface area contributed by atoms with E-state index in [1.165, 1.54) is 0 Å². The lowest BCUT2D eigenvalue weighted by Gasteiger charge is -2.15. The zero-order valence-electron chi connectivity index (χ0n) is 22.3. The number of fused-ring (bicyclic) bond motifs is 1. The summed E-state index contributed by atoms with van der Waals surface area (Å²) in [5, 5.41) is 9.80. The summed E-state index contributed by atoms with van der Waals surface area (Å²) in [4.78, 5) is 34.0. The molecule has 3 N–H and O–H groups in total. The molecular weight excluding hydrogens is 490 g/mol. The Balaban J connectivity index is 1.27. The van der Waals surface area contributed by atoms with Crippen LogP contribution in [0.5, 0.6) is 5.75 Å². The molecule has 0 spiro atoms. The van der Waals surface area contributed by atoms with E-state index in [0.29, 0.717) is 24.6 Å². The molecule has 1 aliphatic carbocycles. The van der Waals surface area contributed by atoms with Crippen LogP contribution >= 0.6 is 0 Å². The Morgan fingerprint density at radius 3 is 2.51 bits per heavy atom. The van der Waals surface area contributed by atoms with Gasteiger partial charge in [-0.05, 0) is 73.7 Å². The van der Waals surface area contributed by atoms with E-state index < -0.39 is 0 Å². The third-order valence-corrected chi connectivity index (χ3v) is 6.90. The third kappa shape index (κ3) is 6.71. The topological polar surface area (TPSA) is 105 Å². The summed E-state index contributed by atoms with van der Waals surface area (Å²) >= 11 is 0. The summed E-state index contributed by atoms with van der Waals surface area (Å²) in [7, 11) is 1.65. The predicted octanol–water partition coefficient (Wildman–Crippen LogP) is 6.04. The van der Waals surface area contributed by atoms with E-state index in [9.17, 15) is 9.59 Å². The van der Waals surface area contributed by atoms with Gasteiger partial charge >= 0.3 is 0 Å². The minimum atomic E-state index is -0.135. The average Bonchev–Trinajstić information content (AvgIpc) is 3.32. The van der Waals surface area contributed by atoms with Gasteiger partial charge in [0, 0.05) is 42.7 Å². The van der Waals surface area contributed by atoms with Crippen LogP contribution in [0.15, 0.2) is 66.7 Å². The van der Waals surface area contributed by atoms with Gasteiger partial charge in [0.1, 0.15) is 11.5 Å². The second-order valence-corrected chi connectivity index (χ2v) is 9.96. The lowest BCUT2D eigenvalue weighted by molar-refractivity contribution is -0.125. The minimum absolute atomic E-state index is 0.111. The summed E-state index contributed by atoms with van der Waals surface area (Å²) in [6.45, 7) is 2.64. The van der Waals surface area contributed by atoms with Gasteiger partial charge in [-0.3, -0.25) is 9.59 Å². The number of hydrogen-bond acceptors (Lipinski definition) is 7. The van der Waals surface area contributed by atoms with E-state index in [1.54, 1.807) is 7.11 Å². The van der Waals surface area contributed by atoms with Crippen molar-refractivity contribution in [3.8, 4) is 5.75 Å². The van der Waals surface area contributed by atoms with Gasteiger partial charge < -0.3 is 20.7 Å². The van der Waals surface area contributed by atoms with Crippen molar-refractivity contribution in [1.29, 1.82) is 0 Å². The number of rotatable bonds is 10. The van der Waals surface area contributed by atoms with Crippen molar-refractivity contribution < 1.29 is 14.3 Å². The molecule has 0 aliphatic heterocycles. The number of ether oxygens (including phenoxy) is 1. The number of nitrogens with one attached hydrogen (secondary N) is 3. The monoisotopic (exact) mass is 523 g/mol. The number of hydrogen-bond donors (Lipinski definition) is 3. The van der Waals surface area contributed by atoms with Crippen molar-refractivity contribution >= 4 is 45.7 Å². The predicted molar refractivity (Wildman–Crippen MR) is 155 cm³/mol. The van der Waals surface area contributed by atoms with Gasteiger partial charge in [-0.15, -0.1) is 0 Å². The summed E-state index contributed by atoms with van der Waals surface area (Å²) in [6, 6.07) is 21.5. The number of aryl methyl sites for hydroxylation is 1. The first-order valence-electron chi connectivity index (χ1n) is 13.3. The first kappa shape index (κ1) is 26.2. The Kier molecular flexibility index (Phi) is 8.01. The zero-order chi connectivity index (χ0) is 27.2. The van der Waals surface area contributed by atoms with Crippen molar-refractivity contribution in [2.24, 2.45) is 5.92 Å². The number of benzene rings is 3. The summed E-state index contributed by atoms with van der Waals surface area (Å²) in [5.41, 5.74) is 5.35. The molecule has 39 heavy (non-hydrogen) atoms. The number of carbonyl (C=O) groups excluding carboxylic acids is 2. The van der Waals surface area contributed by atoms with Gasteiger partial charge in [0.2, 0.25) is 5.91 Å². The molecular formula is C31H33N5O3. The van der Waals surface area contributed by atoms with E-state index in [4.69, 9.17) is 14.7 Å². The number of para-hydroxylation sites is 2. The SMILES string of the molecule is COc1cc(C)cc(Nc2nc3ccccc3nc2NCCc2cccc(NC(=O)CC3CCCC3=O)c2)c1. The molecule has 1 atom stereocenters. The number of Topliss-reactive ketones (excluding diaryl/α,β-unsaturated/α-hetero) is 1. The number of anilines is 4. The number of carbonyl (C=O) groups is 2. The molecule has 1 aromatic heterocycles. The quantitative estimate of drug-likeness (QED) is 0.233. The molecule has 1 heterocycles. The van der Waals surface area contributed by atoms with Crippen molar-refractivity contribution in [3.05, 3.63) is 77.9 Å². The average molecular weight is 524 g/mol. The highest BCUT2D eigenvalue weighted by molar-refractivity contribution is 5.95. The maximum Gasteiger partial charge on any atom is 0.225 e. The third-order valence-electron chi connectivity index (χ3n) is 6.90. The molecule has 1 aliphatic rings. The second-order valence-electron chi connectivity index (χ2n) is 9.96. The Labute approximate surface area is 228 Å². The highest BCUT2D eigenvalue weighted by Gasteiger charge is 2.26. The van der Waals surface area contributed by atoms with E-state index in [2.05, 4.69) is 16.0 Å². The molecule has 1 saturated carbocycles. The van der Waals surface area contributed by atoms with E-state index >= 15 is 0 Å². The Morgan fingerprint density at radius 1 is 0.974 bits per heavy atom. The fourth-order valence-corrected chi connectivity index (χ4v) is 4.95. The minimum Gasteiger partial charge on any atom is -0.497 e. The molecule has 8 heteroatoms. The molecule has 5 rings (SSSR count). The van der Waals surface area contributed by atoms with Gasteiger partial charge in [0.15, 0.2) is 11.6 Å². The van der Waals surface area contributed by atoms with Gasteiger partial charge in [0.05, 0.1) is 18.1 Å². The first-order valence-corrected chi connectivity index (χ1v) is 13.3. The van der Waals surface area contributed by atoms with Crippen LogP contribution in [0.25, 0.3) is 11.0 Å². The van der Waals surface area contributed by atoms with Crippen LogP contribution in [-0.2, 0) is 16.0 Å². The molecule has 1 unspecified atom stereocenters. The summed E-state index contributed by atoms with van der Waals surface area (Å²) < 4.78 is 5.43. The molecule has 3 aromatic carbocycles. The van der Waals surface area contributed by atoms with Gasteiger partial charge in [-0.2, -0.15) is 0 Å². The number of aromatic nitrogens is 2. The summed E-state index contributed by atoms with van der Waals surface area (Å²) in [6.07, 6.45) is 3.27. The van der Waals surface area contributed by atoms with E-state index in [0.717, 1.165) is 58.5 Å². The van der Waals surface area contributed by atoms with Crippen molar-refractivity contribution in [2.45, 2.75) is 39.0 Å². The number of methoxy groups -OCH3 is 1. The summed E-state index contributed by atoms with van der Waals surface area (Å²) in [5.74, 6) is 2.01. The fraction of sp³-hybridized carbons (Fsp3) is 0.290. The van der Waals surface area contributed by atoms with Crippen LogP contribution in [0.2, 0.25) is 0 Å². The molecule has 4 aromatic rings. The second kappa shape index (κ2) is 11.9. The Morgan fingerprint density at radius 2 is 1.77 bits per heavy atom. The van der Waals surface area contributed by atoms with Gasteiger partial charge in [-0.1, -0.05) is 24.3 Å². The standard InChI is InChI=1S/C31H33N5O3/c1-20-15-24(19-25(16-20)39-2)34-31-30(35-26-10-3-4-11-27(26)36-31)32-14-13-21-7-5-9-23(17-21)33-29(38)18-22-8-6-12-28(22)37/h3-5,7,9-11,15-17,19,22H,6,8,12-14,18H2,1-2H3,(H,32,35)(H,33,38)(H,34,36). The Hall–Kier alpha value is -4.46. The fourth-order valence-electron chi connectivity index (χ4n) is 4.95. The number of nitrogens with zero attached hydrogens (tertiary/aromatic N) is 2. The van der Waals surface area contributed by atoms with Crippen LogP contribution in [-0.4, -0.2) is 35.3 Å². The highest BCUT2D eigenvalue weighted by atomic mass is 16.5. The van der Waals surface area contributed by atoms with Gasteiger partial charge in [-0.25, -0.2) is 9.97 Å². The first-order chi connectivity index (χ1) is 19.0. The molecule has 8 nitrogen and oxygen atoms in total. The van der Waals surface area contributed by atoms with Crippen molar-refractivity contribution in [1.82, 2.24) is 9.97 Å². The molecule has 1 fully saturated rings. The van der Waals surface area contributed by atoms with E-state index in [1.807, 2.05) is 73.7 Å². The van der Waals surface area contributed by atoms with Crippen LogP contribution in [0.1, 0.15) is 36.8 Å². The van der Waals surface area contributed by atoms with Crippen molar-refractivity contribution in [2.75, 3.05) is 29.6 Å². The van der Waals surface area contributed by atoms with Crippen molar-refractivity contribution in [3.63, 3.8) is 0 Å². The highest BCUT2D eigenvalue weighted by Crippen LogP contribution is 2.28. The van der Waals surface area contributed by atoms with Crippen LogP contribution in [0.3, 0.4) is 0 Å².